The van der Waals surface area contributed by atoms with Crippen LogP contribution in [0.15, 0.2) is 41.9 Å². The van der Waals surface area contributed by atoms with Crippen LogP contribution in [0.3, 0.4) is 0 Å². The molecule has 0 bridgehead atoms. The molecule has 0 aliphatic rings. The number of rotatable bonds is 4. The number of carbonyl (C=O) groups excluding carboxylic acids is 2. The zero-order valence-electron chi connectivity index (χ0n) is 9.45. The van der Waals surface area contributed by atoms with E-state index in [4.69, 9.17) is 5.73 Å². The van der Waals surface area contributed by atoms with Gasteiger partial charge in [0, 0.05) is 11.6 Å². The Hall–Kier alpha value is -2.21. The van der Waals surface area contributed by atoms with Crippen LogP contribution in [0, 0.1) is 0 Å². The van der Waals surface area contributed by atoms with Crippen LogP contribution >= 0.6 is 11.3 Å². The minimum atomic E-state index is -0.655. The molecule has 0 atom stereocenters. The van der Waals surface area contributed by atoms with Gasteiger partial charge in [0.15, 0.2) is 5.13 Å². The zero-order valence-corrected chi connectivity index (χ0v) is 10.3. The van der Waals surface area contributed by atoms with E-state index in [0.717, 1.165) is 0 Å². The number of nitrogens with two attached hydrogens (primary N) is 1. The number of carbonyl (C=O) groups is 2. The number of amides is 2. The van der Waals surface area contributed by atoms with Crippen LogP contribution in [0.1, 0.15) is 6.42 Å². The van der Waals surface area contributed by atoms with Crippen molar-refractivity contribution >= 4 is 34.0 Å². The summed E-state index contributed by atoms with van der Waals surface area (Å²) in [7, 11) is 0. The fraction of sp³-hybridized carbons (Fsp3) is 0.0833. The zero-order chi connectivity index (χ0) is 13.0. The number of primary amides is 1. The molecule has 18 heavy (non-hydrogen) atoms. The summed E-state index contributed by atoms with van der Waals surface area (Å²) in [5.41, 5.74) is 5.72. The molecule has 0 saturated heterocycles. The number of hydrogen-bond acceptors (Lipinski definition) is 4. The molecule has 2 amide bonds. The number of aromatic nitrogens is 1. The summed E-state index contributed by atoms with van der Waals surface area (Å²) in [5.74, 6) is -1.04. The van der Waals surface area contributed by atoms with Gasteiger partial charge in [0.05, 0.1) is 5.69 Å². The average molecular weight is 261 g/mol. The Morgan fingerprint density at radius 2 is 2.00 bits per heavy atom. The molecule has 0 aliphatic carbocycles. The standard InChI is InChI=1S/C12H11N3O2S/c13-10(16)8-11(17)15(12-14-6-7-18-12)9-4-2-1-3-5-9/h1-7H,8H2,(H2,13,16). The minimum Gasteiger partial charge on any atom is -0.369 e. The molecule has 0 radical (unpaired) electrons. The van der Waals surface area contributed by atoms with Crippen LogP contribution in [-0.2, 0) is 9.59 Å². The normalized spacial score (nSPS) is 10.0. The quantitative estimate of drug-likeness (QED) is 0.851. The van der Waals surface area contributed by atoms with Gasteiger partial charge in [-0.1, -0.05) is 18.2 Å². The van der Waals surface area contributed by atoms with Gasteiger partial charge >= 0.3 is 0 Å². The van der Waals surface area contributed by atoms with E-state index in [1.807, 2.05) is 18.2 Å². The van der Waals surface area contributed by atoms with Crippen LogP contribution in [0.4, 0.5) is 10.8 Å². The van der Waals surface area contributed by atoms with Gasteiger partial charge in [-0.2, -0.15) is 0 Å². The van der Waals surface area contributed by atoms with Crippen LogP contribution in [-0.4, -0.2) is 16.8 Å². The Labute approximate surface area is 108 Å². The fourth-order valence-corrected chi connectivity index (χ4v) is 2.17. The van der Waals surface area contributed by atoms with Crippen molar-refractivity contribution in [2.24, 2.45) is 5.73 Å². The summed E-state index contributed by atoms with van der Waals surface area (Å²) in [6.45, 7) is 0. The summed E-state index contributed by atoms with van der Waals surface area (Å²) in [6, 6.07) is 9.03. The first-order valence-corrected chi connectivity index (χ1v) is 6.12. The highest BCUT2D eigenvalue weighted by Crippen LogP contribution is 2.27. The van der Waals surface area contributed by atoms with Crippen LogP contribution in [0.5, 0.6) is 0 Å². The molecule has 1 heterocycles. The summed E-state index contributed by atoms with van der Waals surface area (Å²) in [5, 5.41) is 2.29. The molecule has 6 heteroatoms. The largest absolute Gasteiger partial charge is 0.369 e. The predicted molar refractivity (Wildman–Crippen MR) is 69.5 cm³/mol. The van der Waals surface area contributed by atoms with Crippen molar-refractivity contribution in [1.82, 2.24) is 4.98 Å². The maximum Gasteiger partial charge on any atom is 0.242 e. The van der Waals surface area contributed by atoms with Gasteiger partial charge in [-0.15, -0.1) is 11.3 Å². The summed E-state index contributed by atoms with van der Waals surface area (Å²) in [6.07, 6.45) is 1.27. The van der Waals surface area contributed by atoms with Crippen LogP contribution in [0.25, 0.3) is 0 Å². The van der Waals surface area contributed by atoms with Crippen LogP contribution < -0.4 is 10.6 Å². The molecular formula is C12H11N3O2S. The lowest BCUT2D eigenvalue weighted by molar-refractivity contribution is -0.125. The van der Waals surface area contributed by atoms with Crippen molar-refractivity contribution in [2.45, 2.75) is 6.42 Å². The summed E-state index contributed by atoms with van der Waals surface area (Å²) < 4.78 is 0. The van der Waals surface area contributed by atoms with Crippen molar-refractivity contribution in [3.8, 4) is 0 Å². The van der Waals surface area contributed by atoms with Crippen LogP contribution in [0.2, 0.25) is 0 Å². The number of anilines is 2. The third-order valence-electron chi connectivity index (χ3n) is 2.20. The number of thiazole rings is 1. The summed E-state index contributed by atoms with van der Waals surface area (Å²) >= 11 is 1.32. The molecule has 0 fully saturated rings. The summed E-state index contributed by atoms with van der Waals surface area (Å²) in [4.78, 5) is 28.4. The Morgan fingerprint density at radius 3 is 2.56 bits per heavy atom. The van der Waals surface area contributed by atoms with Crippen molar-refractivity contribution in [2.75, 3.05) is 4.90 Å². The second-order valence-electron chi connectivity index (χ2n) is 3.52. The molecule has 92 valence electrons. The number of para-hydroxylation sites is 1. The smallest absolute Gasteiger partial charge is 0.242 e. The van der Waals surface area contributed by atoms with E-state index >= 15 is 0 Å². The average Bonchev–Trinajstić information content (AvgIpc) is 2.83. The molecule has 1 aromatic heterocycles. The third-order valence-corrected chi connectivity index (χ3v) is 2.96. The SMILES string of the molecule is NC(=O)CC(=O)N(c1ccccc1)c1nccs1. The molecule has 2 N–H and O–H groups in total. The maximum atomic E-state index is 12.0. The first kappa shape index (κ1) is 12.3. The highest BCUT2D eigenvalue weighted by molar-refractivity contribution is 7.13. The van der Waals surface area contributed by atoms with E-state index in [1.54, 1.807) is 23.7 Å². The van der Waals surface area contributed by atoms with Gasteiger partial charge in [0.25, 0.3) is 0 Å². The Bertz CT molecular complexity index is 540. The molecule has 0 spiro atoms. The van der Waals surface area contributed by atoms with Gasteiger partial charge in [-0.3, -0.25) is 14.5 Å². The van der Waals surface area contributed by atoms with Crippen molar-refractivity contribution in [1.29, 1.82) is 0 Å². The molecule has 2 rings (SSSR count). The molecule has 0 saturated carbocycles. The third kappa shape index (κ3) is 2.72. The van der Waals surface area contributed by atoms with Crippen molar-refractivity contribution in [3.05, 3.63) is 41.9 Å². The van der Waals surface area contributed by atoms with Gasteiger partial charge in [-0.25, -0.2) is 4.98 Å². The monoisotopic (exact) mass is 261 g/mol. The number of nitrogens with zero attached hydrogens (tertiary/aromatic N) is 2. The maximum absolute atomic E-state index is 12.0. The molecular weight excluding hydrogens is 250 g/mol. The molecule has 0 aliphatic heterocycles. The molecule has 1 aromatic carbocycles. The predicted octanol–water partition coefficient (Wildman–Crippen LogP) is 1.68. The van der Waals surface area contributed by atoms with Gasteiger partial charge < -0.3 is 5.73 Å². The molecule has 2 aromatic rings. The lowest BCUT2D eigenvalue weighted by Crippen LogP contribution is -2.30. The Kier molecular flexibility index (Phi) is 3.69. The van der Waals surface area contributed by atoms with Gasteiger partial charge in [0.1, 0.15) is 6.42 Å². The molecule has 0 unspecified atom stereocenters. The van der Waals surface area contributed by atoms with E-state index in [0.29, 0.717) is 10.8 Å². The Balaban J connectivity index is 2.36. The van der Waals surface area contributed by atoms with E-state index < -0.39 is 5.91 Å². The lowest BCUT2D eigenvalue weighted by atomic mass is 10.2. The first-order chi connectivity index (χ1) is 8.68. The van der Waals surface area contributed by atoms with E-state index in [-0.39, 0.29) is 12.3 Å². The number of hydrogen-bond donors (Lipinski definition) is 1. The van der Waals surface area contributed by atoms with Crippen molar-refractivity contribution < 1.29 is 9.59 Å². The Morgan fingerprint density at radius 1 is 1.28 bits per heavy atom. The highest BCUT2D eigenvalue weighted by Gasteiger charge is 2.21. The fourth-order valence-electron chi connectivity index (χ4n) is 1.49. The van der Waals surface area contributed by atoms with E-state index in [9.17, 15) is 9.59 Å². The van der Waals surface area contributed by atoms with E-state index in [2.05, 4.69) is 4.98 Å². The second kappa shape index (κ2) is 5.42. The minimum absolute atomic E-state index is 0.339. The second-order valence-corrected chi connectivity index (χ2v) is 4.40. The first-order valence-electron chi connectivity index (χ1n) is 5.24. The van der Waals surface area contributed by atoms with Crippen molar-refractivity contribution in [3.63, 3.8) is 0 Å². The van der Waals surface area contributed by atoms with Gasteiger partial charge in [0.2, 0.25) is 11.8 Å². The number of benzene rings is 1. The topological polar surface area (TPSA) is 76.3 Å². The van der Waals surface area contributed by atoms with E-state index in [1.165, 1.54) is 16.2 Å². The molecule has 5 nitrogen and oxygen atoms in total. The van der Waals surface area contributed by atoms with Gasteiger partial charge in [-0.05, 0) is 12.1 Å². The highest BCUT2D eigenvalue weighted by atomic mass is 32.1. The lowest BCUT2D eigenvalue weighted by Gasteiger charge is -2.19.